The molecule has 6 nitrogen and oxygen atoms in total. The molecule has 2 rings (SSSR count). The van der Waals surface area contributed by atoms with Crippen LogP contribution >= 0.6 is 0 Å². The topological polar surface area (TPSA) is 83.7 Å². The third-order valence-electron chi connectivity index (χ3n) is 3.94. The van der Waals surface area contributed by atoms with Crippen molar-refractivity contribution in [3.63, 3.8) is 0 Å². The van der Waals surface area contributed by atoms with Crippen molar-refractivity contribution in [2.75, 3.05) is 18.0 Å². The molecule has 1 aromatic carbocycles. The molecule has 1 aromatic rings. The number of hydrogen-bond acceptors (Lipinski definition) is 4. The van der Waals surface area contributed by atoms with Crippen molar-refractivity contribution in [3.05, 3.63) is 33.9 Å². The van der Waals surface area contributed by atoms with Crippen LogP contribution in [0.25, 0.3) is 0 Å². The van der Waals surface area contributed by atoms with E-state index in [2.05, 4.69) is 0 Å². The van der Waals surface area contributed by atoms with Gasteiger partial charge in [-0.1, -0.05) is 0 Å². The number of piperidine rings is 1. The highest BCUT2D eigenvalue weighted by molar-refractivity contribution is 5.75. The number of aliphatic carboxylic acids is 1. The first kappa shape index (κ1) is 14.3. The van der Waals surface area contributed by atoms with Crippen LogP contribution in [-0.4, -0.2) is 29.1 Å². The maximum absolute atomic E-state index is 11.4. The van der Waals surface area contributed by atoms with Gasteiger partial charge in [0.25, 0.3) is 5.69 Å². The number of aryl methyl sites for hydroxylation is 1. The fourth-order valence-electron chi connectivity index (χ4n) is 2.73. The van der Waals surface area contributed by atoms with Crippen LogP contribution in [0.15, 0.2) is 18.2 Å². The van der Waals surface area contributed by atoms with Crippen molar-refractivity contribution in [1.82, 2.24) is 0 Å². The van der Waals surface area contributed by atoms with E-state index < -0.39 is 16.3 Å². The Morgan fingerprint density at radius 1 is 1.50 bits per heavy atom. The molecule has 1 N–H and O–H groups in total. The molecule has 0 spiro atoms. The Kier molecular flexibility index (Phi) is 3.65. The highest BCUT2D eigenvalue weighted by Gasteiger charge is 2.38. The fourth-order valence-corrected chi connectivity index (χ4v) is 2.73. The van der Waals surface area contributed by atoms with Gasteiger partial charge in [-0.25, -0.2) is 0 Å². The third-order valence-corrected chi connectivity index (χ3v) is 3.94. The number of non-ortho nitro benzene ring substituents is 1. The molecular formula is C14H18N2O4. The fraction of sp³-hybridized carbons (Fsp3) is 0.500. The molecule has 0 saturated carbocycles. The number of benzene rings is 1. The zero-order valence-corrected chi connectivity index (χ0v) is 11.6. The van der Waals surface area contributed by atoms with Gasteiger partial charge in [0.15, 0.2) is 0 Å². The third kappa shape index (κ3) is 2.59. The molecule has 0 bridgehead atoms. The van der Waals surface area contributed by atoms with Crippen LogP contribution in [0, 0.1) is 22.5 Å². The molecule has 1 aliphatic rings. The predicted octanol–water partition coefficient (Wildman–Crippen LogP) is 2.59. The van der Waals surface area contributed by atoms with Crippen molar-refractivity contribution < 1.29 is 14.8 Å². The Morgan fingerprint density at radius 2 is 2.20 bits per heavy atom. The molecule has 0 aliphatic carbocycles. The molecular weight excluding hydrogens is 260 g/mol. The van der Waals surface area contributed by atoms with Gasteiger partial charge in [0, 0.05) is 30.9 Å². The number of carboxylic acids is 1. The number of carboxylic acid groups (broad SMARTS) is 1. The van der Waals surface area contributed by atoms with Crippen molar-refractivity contribution in [3.8, 4) is 0 Å². The Morgan fingerprint density at radius 3 is 2.75 bits per heavy atom. The van der Waals surface area contributed by atoms with E-state index in [0.717, 1.165) is 24.2 Å². The van der Waals surface area contributed by atoms with E-state index in [-0.39, 0.29) is 5.69 Å². The first-order valence-corrected chi connectivity index (χ1v) is 6.57. The summed E-state index contributed by atoms with van der Waals surface area (Å²) in [7, 11) is 0. The number of nitrogens with zero attached hydrogens (tertiary/aromatic N) is 2. The Hall–Kier alpha value is -2.11. The van der Waals surface area contributed by atoms with Crippen molar-refractivity contribution >= 4 is 17.3 Å². The smallest absolute Gasteiger partial charge is 0.311 e. The summed E-state index contributed by atoms with van der Waals surface area (Å²) in [4.78, 5) is 23.7. The highest BCUT2D eigenvalue weighted by Crippen LogP contribution is 2.34. The molecule has 20 heavy (non-hydrogen) atoms. The molecule has 0 amide bonds. The Labute approximate surface area is 117 Å². The van der Waals surface area contributed by atoms with Gasteiger partial charge in [0.05, 0.1) is 10.3 Å². The summed E-state index contributed by atoms with van der Waals surface area (Å²) in [5, 5.41) is 20.1. The van der Waals surface area contributed by atoms with E-state index >= 15 is 0 Å². The number of anilines is 1. The van der Waals surface area contributed by atoms with E-state index in [9.17, 15) is 20.0 Å². The number of nitro groups is 1. The average molecular weight is 278 g/mol. The van der Waals surface area contributed by atoms with Gasteiger partial charge in [-0.3, -0.25) is 14.9 Å². The maximum atomic E-state index is 11.4. The van der Waals surface area contributed by atoms with E-state index in [0.29, 0.717) is 13.0 Å². The lowest BCUT2D eigenvalue weighted by Crippen LogP contribution is -2.46. The second kappa shape index (κ2) is 5.11. The van der Waals surface area contributed by atoms with Crippen LogP contribution in [0.2, 0.25) is 0 Å². The largest absolute Gasteiger partial charge is 0.481 e. The predicted molar refractivity (Wildman–Crippen MR) is 75.0 cm³/mol. The molecule has 0 radical (unpaired) electrons. The average Bonchev–Trinajstić information content (AvgIpc) is 2.38. The normalized spacial score (nSPS) is 22.6. The molecule has 1 aliphatic heterocycles. The summed E-state index contributed by atoms with van der Waals surface area (Å²) in [6, 6.07) is 4.71. The minimum absolute atomic E-state index is 0.0595. The first-order chi connectivity index (χ1) is 9.33. The van der Waals surface area contributed by atoms with Gasteiger partial charge >= 0.3 is 5.97 Å². The molecule has 0 aromatic heterocycles. The zero-order valence-electron chi connectivity index (χ0n) is 11.6. The maximum Gasteiger partial charge on any atom is 0.311 e. The number of hydrogen-bond donors (Lipinski definition) is 1. The summed E-state index contributed by atoms with van der Waals surface area (Å²) < 4.78 is 0. The number of rotatable bonds is 3. The van der Waals surface area contributed by atoms with Crippen LogP contribution in [0.3, 0.4) is 0 Å². The second-order valence-electron chi connectivity index (χ2n) is 5.62. The highest BCUT2D eigenvalue weighted by atomic mass is 16.6. The lowest BCUT2D eigenvalue weighted by Gasteiger charge is -2.39. The van der Waals surface area contributed by atoms with Crippen molar-refractivity contribution in [2.45, 2.75) is 26.7 Å². The second-order valence-corrected chi connectivity index (χ2v) is 5.62. The molecule has 1 heterocycles. The van der Waals surface area contributed by atoms with E-state index in [1.807, 2.05) is 11.8 Å². The van der Waals surface area contributed by atoms with Gasteiger partial charge < -0.3 is 10.0 Å². The quantitative estimate of drug-likeness (QED) is 0.678. The van der Waals surface area contributed by atoms with Crippen LogP contribution < -0.4 is 4.90 Å². The summed E-state index contributed by atoms with van der Waals surface area (Å²) in [6.07, 6.45) is 1.46. The van der Waals surface area contributed by atoms with Crippen molar-refractivity contribution in [1.29, 1.82) is 0 Å². The van der Waals surface area contributed by atoms with Gasteiger partial charge in [-0.15, -0.1) is 0 Å². The summed E-state index contributed by atoms with van der Waals surface area (Å²) in [5.74, 6) is -0.790. The molecule has 108 valence electrons. The Balaban J connectivity index is 2.28. The summed E-state index contributed by atoms with van der Waals surface area (Å²) in [6.45, 7) is 4.78. The lowest BCUT2D eigenvalue weighted by molar-refractivity contribution is -0.384. The molecule has 1 unspecified atom stereocenters. The minimum atomic E-state index is -0.790. The van der Waals surface area contributed by atoms with Crippen LogP contribution in [-0.2, 0) is 4.79 Å². The SMILES string of the molecule is Cc1cc([N+](=O)[O-])ccc1N1CCCC(C)(C(=O)O)C1. The van der Waals surface area contributed by atoms with Gasteiger partial charge in [0.2, 0.25) is 0 Å². The number of nitro benzene ring substituents is 1. The van der Waals surface area contributed by atoms with Gasteiger partial charge in [-0.05, 0) is 38.3 Å². The van der Waals surface area contributed by atoms with Crippen LogP contribution in [0.4, 0.5) is 11.4 Å². The van der Waals surface area contributed by atoms with E-state index in [4.69, 9.17) is 0 Å². The molecule has 1 saturated heterocycles. The van der Waals surface area contributed by atoms with Crippen molar-refractivity contribution in [2.24, 2.45) is 5.41 Å². The van der Waals surface area contributed by atoms with Gasteiger partial charge in [-0.2, -0.15) is 0 Å². The minimum Gasteiger partial charge on any atom is -0.481 e. The van der Waals surface area contributed by atoms with Crippen LogP contribution in [0.1, 0.15) is 25.3 Å². The molecule has 1 atom stereocenters. The molecule has 6 heteroatoms. The van der Waals surface area contributed by atoms with Crippen LogP contribution in [0.5, 0.6) is 0 Å². The van der Waals surface area contributed by atoms with E-state index in [1.54, 1.807) is 13.0 Å². The lowest BCUT2D eigenvalue weighted by atomic mass is 9.81. The summed E-state index contributed by atoms with van der Waals surface area (Å²) in [5.41, 5.74) is 0.979. The standard InChI is InChI=1S/C14H18N2O4/c1-10-8-11(16(19)20)4-5-12(10)15-7-3-6-14(2,9-15)13(17)18/h4-5,8H,3,6-7,9H2,1-2H3,(H,17,18). The monoisotopic (exact) mass is 278 g/mol. The number of carbonyl (C=O) groups is 1. The van der Waals surface area contributed by atoms with E-state index in [1.165, 1.54) is 12.1 Å². The molecule has 1 fully saturated rings. The summed E-state index contributed by atoms with van der Waals surface area (Å²) >= 11 is 0. The zero-order chi connectivity index (χ0) is 14.9. The first-order valence-electron chi connectivity index (χ1n) is 6.57. The van der Waals surface area contributed by atoms with Gasteiger partial charge in [0.1, 0.15) is 0 Å². The Bertz CT molecular complexity index is 558.